The fourth-order valence-corrected chi connectivity index (χ4v) is 4.69. The smallest absolute Gasteiger partial charge is 0.341 e. The van der Waals surface area contributed by atoms with E-state index in [-0.39, 0.29) is 18.6 Å². The second kappa shape index (κ2) is 10.3. The molecule has 0 aliphatic rings. The normalized spacial score (nSPS) is 10.9. The number of halogens is 1. The van der Waals surface area contributed by atoms with Gasteiger partial charge in [0.25, 0.3) is 5.91 Å². The summed E-state index contributed by atoms with van der Waals surface area (Å²) in [6.45, 7) is 5.35. The summed E-state index contributed by atoms with van der Waals surface area (Å²) in [5, 5.41) is 4.11. The lowest BCUT2D eigenvalue weighted by atomic mass is 10.1. The molecule has 9 heteroatoms. The van der Waals surface area contributed by atoms with Crippen molar-refractivity contribution in [3.05, 3.63) is 80.0 Å². The fraction of sp³-hybridized carbons (Fsp3) is 0.192. The maximum absolute atomic E-state index is 12.9. The zero-order chi connectivity index (χ0) is 25.1. The standard InChI is InChI=1S/C26H22ClNO6S/c1-4-32-26(31)23-14(2)15(3)35-25(23)28-22(29)13-33-18-9-10-19-21(11-18)34-12-20(24(19)30)16-5-7-17(27)8-6-16/h5-12H,4,13H2,1-3H3,(H,28,29). The van der Waals surface area contributed by atoms with Crippen molar-refractivity contribution in [1.29, 1.82) is 0 Å². The molecule has 0 spiro atoms. The number of ether oxygens (including phenoxy) is 2. The number of amides is 1. The first kappa shape index (κ1) is 24.5. The lowest BCUT2D eigenvalue weighted by Gasteiger charge is -2.09. The molecule has 0 bridgehead atoms. The maximum atomic E-state index is 12.9. The number of esters is 1. The number of nitrogens with one attached hydrogen (secondary N) is 1. The Morgan fingerprint density at radius 2 is 1.86 bits per heavy atom. The van der Waals surface area contributed by atoms with Crippen LogP contribution in [0, 0.1) is 13.8 Å². The van der Waals surface area contributed by atoms with Crippen molar-refractivity contribution in [3.63, 3.8) is 0 Å². The predicted octanol–water partition coefficient (Wildman–Crippen LogP) is 5.99. The van der Waals surface area contributed by atoms with Gasteiger partial charge in [0.15, 0.2) is 12.0 Å². The molecule has 0 unspecified atom stereocenters. The third-order valence-electron chi connectivity index (χ3n) is 5.39. The van der Waals surface area contributed by atoms with Crippen LogP contribution in [0.3, 0.4) is 0 Å². The number of fused-ring (bicyclic) bond motifs is 1. The molecule has 2 aromatic heterocycles. The van der Waals surface area contributed by atoms with E-state index in [0.29, 0.717) is 43.4 Å². The summed E-state index contributed by atoms with van der Waals surface area (Å²) in [5.74, 6) is -0.552. The molecule has 4 aromatic rings. The number of carbonyl (C=O) groups is 2. The third kappa shape index (κ3) is 5.23. The molecule has 35 heavy (non-hydrogen) atoms. The third-order valence-corrected chi connectivity index (χ3v) is 6.76. The average molecular weight is 512 g/mol. The average Bonchev–Trinajstić information content (AvgIpc) is 3.11. The zero-order valence-electron chi connectivity index (χ0n) is 19.3. The number of thiophene rings is 1. The number of hydrogen-bond acceptors (Lipinski definition) is 7. The summed E-state index contributed by atoms with van der Waals surface area (Å²) >= 11 is 7.23. The van der Waals surface area contributed by atoms with E-state index in [2.05, 4.69) is 5.32 Å². The molecular formula is C26H22ClNO6S. The van der Waals surface area contributed by atoms with Crippen LogP contribution in [0.15, 0.2) is 57.9 Å². The number of carbonyl (C=O) groups excluding carboxylic acids is 2. The molecule has 1 amide bonds. The van der Waals surface area contributed by atoms with Crippen LogP contribution in [0.4, 0.5) is 5.00 Å². The summed E-state index contributed by atoms with van der Waals surface area (Å²) in [6.07, 6.45) is 1.39. The second-order valence-corrected chi connectivity index (χ2v) is 9.35. The van der Waals surface area contributed by atoms with Crippen molar-refractivity contribution in [2.75, 3.05) is 18.5 Å². The van der Waals surface area contributed by atoms with Gasteiger partial charge in [0.1, 0.15) is 22.6 Å². The number of benzene rings is 2. The van der Waals surface area contributed by atoms with Crippen molar-refractivity contribution in [3.8, 4) is 16.9 Å². The second-order valence-electron chi connectivity index (χ2n) is 7.69. The van der Waals surface area contributed by atoms with Gasteiger partial charge >= 0.3 is 5.97 Å². The Morgan fingerprint density at radius 3 is 2.57 bits per heavy atom. The number of hydrogen-bond donors (Lipinski definition) is 1. The highest BCUT2D eigenvalue weighted by atomic mass is 35.5. The summed E-state index contributed by atoms with van der Waals surface area (Å²) in [5.41, 5.74) is 2.39. The molecule has 0 atom stereocenters. The first-order chi connectivity index (χ1) is 16.8. The van der Waals surface area contributed by atoms with E-state index in [1.807, 2.05) is 13.8 Å². The molecule has 2 heterocycles. The topological polar surface area (TPSA) is 94.8 Å². The van der Waals surface area contributed by atoms with Crippen LogP contribution in [0.2, 0.25) is 5.02 Å². The van der Waals surface area contributed by atoms with Gasteiger partial charge in [-0.05, 0) is 56.2 Å². The Balaban J connectivity index is 1.48. The summed E-state index contributed by atoms with van der Waals surface area (Å²) in [6, 6.07) is 11.7. The van der Waals surface area contributed by atoms with Crippen LogP contribution in [0.25, 0.3) is 22.1 Å². The molecule has 4 rings (SSSR count). The zero-order valence-corrected chi connectivity index (χ0v) is 20.8. The van der Waals surface area contributed by atoms with E-state index in [1.54, 1.807) is 49.4 Å². The lowest BCUT2D eigenvalue weighted by Crippen LogP contribution is -2.21. The predicted molar refractivity (Wildman–Crippen MR) is 137 cm³/mol. The quantitative estimate of drug-likeness (QED) is 0.306. The van der Waals surface area contributed by atoms with Crippen LogP contribution in [0.5, 0.6) is 5.75 Å². The van der Waals surface area contributed by atoms with E-state index < -0.39 is 11.9 Å². The van der Waals surface area contributed by atoms with Crippen molar-refractivity contribution < 1.29 is 23.5 Å². The Morgan fingerprint density at radius 1 is 1.11 bits per heavy atom. The fourth-order valence-electron chi connectivity index (χ4n) is 3.50. The first-order valence-electron chi connectivity index (χ1n) is 10.8. The van der Waals surface area contributed by atoms with Crippen molar-refractivity contribution in [2.45, 2.75) is 20.8 Å². The monoisotopic (exact) mass is 511 g/mol. The minimum absolute atomic E-state index is 0.187. The van der Waals surface area contributed by atoms with Gasteiger partial charge < -0.3 is 19.2 Å². The minimum atomic E-state index is -0.479. The van der Waals surface area contributed by atoms with Gasteiger partial charge in [-0.2, -0.15) is 0 Å². The lowest BCUT2D eigenvalue weighted by molar-refractivity contribution is -0.118. The van der Waals surface area contributed by atoms with Crippen LogP contribution in [-0.4, -0.2) is 25.1 Å². The number of anilines is 1. The number of rotatable bonds is 7. The molecule has 0 aliphatic heterocycles. The molecule has 0 saturated carbocycles. The Bertz CT molecular complexity index is 1470. The highest BCUT2D eigenvalue weighted by Gasteiger charge is 2.22. The Labute approximate surface area is 210 Å². The van der Waals surface area contributed by atoms with E-state index in [0.717, 1.165) is 10.4 Å². The van der Waals surface area contributed by atoms with Crippen LogP contribution >= 0.6 is 22.9 Å². The molecule has 0 radical (unpaired) electrons. The van der Waals surface area contributed by atoms with Gasteiger partial charge in [-0.25, -0.2) is 4.79 Å². The molecule has 0 fully saturated rings. The highest BCUT2D eigenvalue weighted by molar-refractivity contribution is 7.16. The molecule has 180 valence electrons. The van der Waals surface area contributed by atoms with Crippen molar-refractivity contribution in [1.82, 2.24) is 0 Å². The minimum Gasteiger partial charge on any atom is -0.484 e. The SMILES string of the molecule is CCOC(=O)c1c(NC(=O)COc2ccc3c(=O)c(-c4ccc(Cl)cc4)coc3c2)sc(C)c1C. The highest BCUT2D eigenvalue weighted by Crippen LogP contribution is 2.33. The van der Waals surface area contributed by atoms with Gasteiger partial charge in [-0.3, -0.25) is 9.59 Å². The molecule has 0 saturated heterocycles. The number of aryl methyl sites for hydroxylation is 1. The largest absolute Gasteiger partial charge is 0.484 e. The van der Waals surface area contributed by atoms with Gasteiger partial charge in [-0.15, -0.1) is 11.3 Å². The molecule has 1 N–H and O–H groups in total. The molecule has 0 aliphatic carbocycles. The van der Waals surface area contributed by atoms with Gasteiger partial charge in [0.2, 0.25) is 0 Å². The summed E-state index contributed by atoms with van der Waals surface area (Å²) in [7, 11) is 0. The van der Waals surface area contributed by atoms with Gasteiger partial charge in [-0.1, -0.05) is 23.7 Å². The Hall–Kier alpha value is -3.62. The van der Waals surface area contributed by atoms with E-state index in [1.165, 1.54) is 17.6 Å². The molecule has 7 nitrogen and oxygen atoms in total. The van der Waals surface area contributed by atoms with E-state index in [9.17, 15) is 14.4 Å². The summed E-state index contributed by atoms with van der Waals surface area (Å²) in [4.78, 5) is 38.7. The van der Waals surface area contributed by atoms with Crippen LogP contribution < -0.4 is 15.5 Å². The maximum Gasteiger partial charge on any atom is 0.341 e. The van der Waals surface area contributed by atoms with Crippen LogP contribution in [0.1, 0.15) is 27.7 Å². The van der Waals surface area contributed by atoms with E-state index >= 15 is 0 Å². The van der Waals surface area contributed by atoms with Gasteiger partial charge in [0, 0.05) is 16.0 Å². The van der Waals surface area contributed by atoms with Crippen molar-refractivity contribution >= 4 is 50.8 Å². The van der Waals surface area contributed by atoms with Gasteiger partial charge in [0.05, 0.1) is 23.1 Å². The van der Waals surface area contributed by atoms with E-state index in [4.69, 9.17) is 25.5 Å². The summed E-state index contributed by atoms with van der Waals surface area (Å²) < 4.78 is 16.4. The molecule has 2 aromatic carbocycles. The first-order valence-corrected chi connectivity index (χ1v) is 12.0. The van der Waals surface area contributed by atoms with Crippen molar-refractivity contribution in [2.24, 2.45) is 0 Å². The molecular weight excluding hydrogens is 490 g/mol. The Kier molecular flexibility index (Phi) is 7.23. The van der Waals surface area contributed by atoms with Crippen LogP contribution in [-0.2, 0) is 9.53 Å².